The second-order valence-electron chi connectivity index (χ2n) is 6.33. The number of nitrogens with two attached hydrogens (primary N) is 1. The lowest BCUT2D eigenvalue weighted by molar-refractivity contribution is 0.0952. The monoisotopic (exact) mass is 273 g/mol. The third kappa shape index (κ3) is 9.43. The lowest BCUT2D eigenvalue weighted by Gasteiger charge is -2.27. The molecule has 0 fully saturated rings. The standard InChI is InChI=1S/C17H36FN/c1-4-5-6-7-8-9-10-11-12-13-14-17(18,15-19)16(2)3/h16H,4-15,19H2,1-3H3. The van der Waals surface area contributed by atoms with E-state index in [1.54, 1.807) is 0 Å². The van der Waals surface area contributed by atoms with E-state index in [2.05, 4.69) is 6.92 Å². The molecule has 0 aromatic carbocycles. The van der Waals surface area contributed by atoms with Crippen LogP contribution in [0.25, 0.3) is 0 Å². The minimum Gasteiger partial charge on any atom is -0.328 e. The molecule has 2 heteroatoms. The van der Waals surface area contributed by atoms with E-state index in [9.17, 15) is 4.39 Å². The van der Waals surface area contributed by atoms with Crippen LogP contribution < -0.4 is 5.73 Å². The normalized spacial score (nSPS) is 14.8. The van der Waals surface area contributed by atoms with Gasteiger partial charge in [-0.15, -0.1) is 0 Å². The number of hydrogen-bond donors (Lipinski definition) is 1. The molecule has 0 amide bonds. The summed E-state index contributed by atoms with van der Waals surface area (Å²) < 4.78 is 14.3. The highest BCUT2D eigenvalue weighted by atomic mass is 19.1. The molecule has 0 saturated carbocycles. The van der Waals surface area contributed by atoms with Gasteiger partial charge in [-0.2, -0.15) is 0 Å². The fraction of sp³-hybridized carbons (Fsp3) is 1.00. The van der Waals surface area contributed by atoms with Gasteiger partial charge in [0.2, 0.25) is 0 Å². The lowest BCUT2D eigenvalue weighted by atomic mass is 9.87. The zero-order valence-electron chi connectivity index (χ0n) is 13.5. The topological polar surface area (TPSA) is 26.0 Å². The quantitative estimate of drug-likeness (QED) is 0.433. The van der Waals surface area contributed by atoms with Gasteiger partial charge < -0.3 is 5.73 Å². The fourth-order valence-electron chi connectivity index (χ4n) is 2.53. The molecule has 0 aliphatic rings. The summed E-state index contributed by atoms with van der Waals surface area (Å²) >= 11 is 0. The number of unbranched alkanes of at least 4 members (excludes halogenated alkanes) is 9. The molecule has 0 aromatic heterocycles. The summed E-state index contributed by atoms with van der Waals surface area (Å²) in [5, 5.41) is 0. The molecule has 19 heavy (non-hydrogen) atoms. The van der Waals surface area contributed by atoms with E-state index >= 15 is 0 Å². The summed E-state index contributed by atoms with van der Waals surface area (Å²) in [7, 11) is 0. The molecule has 0 rings (SSSR count). The van der Waals surface area contributed by atoms with E-state index < -0.39 is 5.67 Å². The molecule has 1 atom stereocenters. The molecule has 0 heterocycles. The van der Waals surface area contributed by atoms with Gasteiger partial charge in [0.15, 0.2) is 0 Å². The van der Waals surface area contributed by atoms with Crippen LogP contribution in [0.4, 0.5) is 4.39 Å². The number of alkyl halides is 1. The molecule has 0 aliphatic heterocycles. The second-order valence-corrected chi connectivity index (χ2v) is 6.33. The van der Waals surface area contributed by atoms with Crippen LogP contribution >= 0.6 is 0 Å². The molecular weight excluding hydrogens is 237 g/mol. The Labute approximate surface area is 120 Å². The van der Waals surface area contributed by atoms with Crippen molar-refractivity contribution in [3.05, 3.63) is 0 Å². The van der Waals surface area contributed by atoms with E-state index in [0.717, 1.165) is 12.8 Å². The molecule has 0 spiro atoms. The fourth-order valence-corrected chi connectivity index (χ4v) is 2.53. The highest BCUT2D eigenvalue weighted by Crippen LogP contribution is 2.27. The van der Waals surface area contributed by atoms with Crippen LogP contribution in [0.1, 0.15) is 91.4 Å². The Morgan fingerprint density at radius 2 is 1.26 bits per heavy atom. The first-order valence-corrected chi connectivity index (χ1v) is 8.45. The van der Waals surface area contributed by atoms with Crippen molar-refractivity contribution in [3.8, 4) is 0 Å². The van der Waals surface area contributed by atoms with Crippen molar-refractivity contribution in [3.63, 3.8) is 0 Å². The van der Waals surface area contributed by atoms with Crippen molar-refractivity contribution in [1.29, 1.82) is 0 Å². The van der Waals surface area contributed by atoms with Gasteiger partial charge >= 0.3 is 0 Å². The van der Waals surface area contributed by atoms with E-state index in [1.165, 1.54) is 51.4 Å². The lowest BCUT2D eigenvalue weighted by Crippen LogP contribution is -2.38. The van der Waals surface area contributed by atoms with Crippen LogP contribution in [0.3, 0.4) is 0 Å². The molecule has 116 valence electrons. The van der Waals surface area contributed by atoms with Crippen molar-refractivity contribution < 1.29 is 4.39 Å². The summed E-state index contributed by atoms with van der Waals surface area (Å²) in [5.74, 6) is 0.0380. The van der Waals surface area contributed by atoms with Gasteiger partial charge in [-0.3, -0.25) is 0 Å². The van der Waals surface area contributed by atoms with Crippen molar-refractivity contribution in [1.82, 2.24) is 0 Å². The Hall–Kier alpha value is -0.110. The molecular formula is C17H36FN. The highest BCUT2D eigenvalue weighted by Gasteiger charge is 2.30. The van der Waals surface area contributed by atoms with Crippen LogP contribution in [0, 0.1) is 5.92 Å². The Morgan fingerprint density at radius 3 is 1.63 bits per heavy atom. The average Bonchev–Trinajstić information content (AvgIpc) is 2.40. The predicted octanol–water partition coefficient (Wildman–Crippen LogP) is 5.62. The van der Waals surface area contributed by atoms with Crippen molar-refractivity contribution in [2.24, 2.45) is 11.7 Å². The molecule has 0 saturated heterocycles. The highest BCUT2D eigenvalue weighted by molar-refractivity contribution is 4.83. The minimum absolute atomic E-state index is 0.0380. The van der Waals surface area contributed by atoms with Gasteiger partial charge in [0.25, 0.3) is 0 Å². The first-order chi connectivity index (χ1) is 9.06. The van der Waals surface area contributed by atoms with Crippen LogP contribution in [0.2, 0.25) is 0 Å². The van der Waals surface area contributed by atoms with E-state index in [1.807, 2.05) is 13.8 Å². The van der Waals surface area contributed by atoms with E-state index in [4.69, 9.17) is 5.73 Å². The molecule has 0 aliphatic carbocycles. The van der Waals surface area contributed by atoms with Crippen molar-refractivity contribution in [2.45, 2.75) is 97.1 Å². The zero-order valence-corrected chi connectivity index (χ0v) is 13.5. The summed E-state index contributed by atoms with van der Waals surface area (Å²) in [4.78, 5) is 0. The van der Waals surface area contributed by atoms with Crippen LogP contribution in [-0.2, 0) is 0 Å². The van der Waals surface area contributed by atoms with Gasteiger partial charge in [-0.25, -0.2) is 4.39 Å². The molecule has 0 radical (unpaired) electrons. The van der Waals surface area contributed by atoms with Crippen molar-refractivity contribution in [2.75, 3.05) is 6.54 Å². The summed E-state index contributed by atoms with van der Waals surface area (Å²) in [5.41, 5.74) is 4.41. The number of halogens is 1. The summed E-state index contributed by atoms with van der Waals surface area (Å²) in [6, 6.07) is 0. The third-order valence-corrected chi connectivity index (χ3v) is 4.32. The first kappa shape index (κ1) is 18.9. The maximum atomic E-state index is 14.3. The maximum absolute atomic E-state index is 14.3. The minimum atomic E-state index is -1.14. The van der Waals surface area contributed by atoms with Gasteiger partial charge in [0.05, 0.1) is 0 Å². The Morgan fingerprint density at radius 1 is 0.842 bits per heavy atom. The van der Waals surface area contributed by atoms with E-state index in [-0.39, 0.29) is 12.5 Å². The summed E-state index contributed by atoms with van der Waals surface area (Å²) in [6.45, 7) is 6.29. The zero-order chi connectivity index (χ0) is 14.6. The molecule has 2 N–H and O–H groups in total. The van der Waals surface area contributed by atoms with E-state index in [0.29, 0.717) is 6.42 Å². The van der Waals surface area contributed by atoms with Crippen LogP contribution in [-0.4, -0.2) is 12.2 Å². The van der Waals surface area contributed by atoms with Gasteiger partial charge in [-0.1, -0.05) is 85.0 Å². The maximum Gasteiger partial charge on any atom is 0.125 e. The van der Waals surface area contributed by atoms with Gasteiger partial charge in [0, 0.05) is 6.54 Å². The first-order valence-electron chi connectivity index (χ1n) is 8.45. The molecule has 1 nitrogen and oxygen atoms in total. The van der Waals surface area contributed by atoms with Gasteiger partial charge in [-0.05, 0) is 12.3 Å². The molecule has 0 bridgehead atoms. The molecule has 0 aromatic rings. The number of rotatable bonds is 13. The largest absolute Gasteiger partial charge is 0.328 e. The third-order valence-electron chi connectivity index (χ3n) is 4.32. The Bertz CT molecular complexity index is 194. The Kier molecular flexibility index (Phi) is 11.6. The van der Waals surface area contributed by atoms with Crippen LogP contribution in [0.5, 0.6) is 0 Å². The Balaban J connectivity index is 3.35. The molecule has 1 unspecified atom stereocenters. The van der Waals surface area contributed by atoms with Crippen LogP contribution in [0.15, 0.2) is 0 Å². The second kappa shape index (κ2) is 11.7. The number of hydrogen-bond acceptors (Lipinski definition) is 1. The SMILES string of the molecule is CCCCCCCCCCCCC(F)(CN)C(C)C. The van der Waals surface area contributed by atoms with Gasteiger partial charge in [0.1, 0.15) is 5.67 Å². The predicted molar refractivity (Wildman–Crippen MR) is 84.2 cm³/mol. The van der Waals surface area contributed by atoms with Crippen molar-refractivity contribution >= 4 is 0 Å². The smallest absolute Gasteiger partial charge is 0.125 e. The average molecular weight is 273 g/mol. The summed E-state index contributed by atoms with van der Waals surface area (Å²) in [6.07, 6.45) is 13.6.